The monoisotopic (exact) mass is 289 g/mol. The molecule has 0 amide bonds. The Morgan fingerprint density at radius 3 is 2.71 bits per heavy atom. The van der Waals surface area contributed by atoms with Gasteiger partial charge in [-0.3, -0.25) is 0 Å². The summed E-state index contributed by atoms with van der Waals surface area (Å²) >= 11 is 0. The third-order valence-corrected chi connectivity index (χ3v) is 2.96. The van der Waals surface area contributed by atoms with E-state index >= 15 is 0 Å². The summed E-state index contributed by atoms with van der Waals surface area (Å²) < 4.78 is 18.7. The Morgan fingerprint density at radius 1 is 1.33 bits per heavy atom. The highest BCUT2D eigenvalue weighted by Crippen LogP contribution is 2.25. The summed E-state index contributed by atoms with van der Waals surface area (Å²) in [5.74, 6) is -0.726. The first kappa shape index (κ1) is 15.0. The van der Waals surface area contributed by atoms with Crippen molar-refractivity contribution in [2.24, 2.45) is 0 Å². The molecule has 1 N–H and O–H groups in total. The molecule has 4 nitrogen and oxygen atoms in total. The molecule has 110 valence electrons. The molecule has 2 rings (SSSR count). The van der Waals surface area contributed by atoms with Gasteiger partial charge in [-0.1, -0.05) is 13.3 Å². The molecule has 1 aromatic carbocycles. The molecule has 0 unspecified atom stereocenters. The van der Waals surface area contributed by atoms with Crippen molar-refractivity contribution >= 4 is 5.97 Å². The number of benzene rings is 1. The van der Waals surface area contributed by atoms with Crippen LogP contribution < -0.4 is 4.74 Å². The minimum atomic E-state index is -1.03. The highest BCUT2D eigenvalue weighted by molar-refractivity contribution is 5.88. The number of carboxylic acid groups (broad SMARTS) is 1. The van der Waals surface area contributed by atoms with Gasteiger partial charge in [0.05, 0.1) is 5.56 Å². The third kappa shape index (κ3) is 3.78. The molecule has 0 aliphatic carbocycles. The smallest absolute Gasteiger partial charge is 0.335 e. The van der Waals surface area contributed by atoms with Crippen molar-refractivity contribution in [1.29, 1.82) is 0 Å². The number of aromatic carboxylic acids is 1. The van der Waals surface area contributed by atoms with Crippen LogP contribution in [0.4, 0.5) is 4.39 Å². The van der Waals surface area contributed by atoms with Gasteiger partial charge in [0.15, 0.2) is 0 Å². The van der Waals surface area contributed by atoms with Crippen LogP contribution in [0.5, 0.6) is 11.6 Å². The molecule has 0 spiro atoms. The first-order valence-corrected chi connectivity index (χ1v) is 6.68. The Morgan fingerprint density at radius 2 is 2.10 bits per heavy atom. The van der Waals surface area contributed by atoms with E-state index in [2.05, 4.69) is 4.98 Å². The van der Waals surface area contributed by atoms with Crippen LogP contribution in [0, 0.1) is 12.7 Å². The van der Waals surface area contributed by atoms with E-state index in [4.69, 9.17) is 9.84 Å². The molecule has 1 aromatic heterocycles. The van der Waals surface area contributed by atoms with E-state index in [9.17, 15) is 9.18 Å². The average Bonchev–Trinajstić information content (AvgIpc) is 2.42. The van der Waals surface area contributed by atoms with Crippen LogP contribution >= 0.6 is 0 Å². The standard InChI is InChI=1S/C16H16FNO3/c1-3-4-13-8-11(16(19)20)9-15(18-13)21-14-6-5-12(17)7-10(14)2/h5-9H,3-4H2,1-2H3,(H,19,20). The Kier molecular flexibility index (Phi) is 4.52. The van der Waals surface area contributed by atoms with Gasteiger partial charge in [0.2, 0.25) is 5.88 Å². The Hall–Kier alpha value is -2.43. The van der Waals surface area contributed by atoms with Crippen molar-refractivity contribution in [3.05, 3.63) is 53.0 Å². The molecule has 0 fully saturated rings. The highest BCUT2D eigenvalue weighted by Gasteiger charge is 2.11. The van der Waals surface area contributed by atoms with E-state index in [1.54, 1.807) is 6.92 Å². The van der Waals surface area contributed by atoms with Gasteiger partial charge in [-0.2, -0.15) is 0 Å². The maximum atomic E-state index is 13.1. The van der Waals surface area contributed by atoms with E-state index < -0.39 is 5.97 Å². The van der Waals surface area contributed by atoms with Gasteiger partial charge in [0.1, 0.15) is 11.6 Å². The molecule has 0 saturated heterocycles. The first-order valence-electron chi connectivity index (χ1n) is 6.68. The van der Waals surface area contributed by atoms with Crippen LogP contribution in [0.1, 0.15) is 35.0 Å². The molecule has 0 atom stereocenters. The van der Waals surface area contributed by atoms with Crippen LogP contribution in [0.25, 0.3) is 0 Å². The van der Waals surface area contributed by atoms with E-state index in [1.165, 1.54) is 30.3 Å². The Bertz CT molecular complexity index is 671. The lowest BCUT2D eigenvalue weighted by Crippen LogP contribution is -2.02. The predicted molar refractivity (Wildman–Crippen MR) is 76.4 cm³/mol. The first-order chi connectivity index (χ1) is 9.99. The number of nitrogens with zero attached hydrogens (tertiary/aromatic N) is 1. The summed E-state index contributed by atoms with van der Waals surface area (Å²) in [5, 5.41) is 9.13. The van der Waals surface area contributed by atoms with Crippen molar-refractivity contribution in [3.63, 3.8) is 0 Å². The van der Waals surface area contributed by atoms with Crippen LogP contribution in [-0.2, 0) is 6.42 Å². The van der Waals surface area contributed by atoms with Crippen LogP contribution in [0.15, 0.2) is 30.3 Å². The number of aryl methyl sites for hydroxylation is 2. The van der Waals surface area contributed by atoms with Crippen LogP contribution in [0.2, 0.25) is 0 Å². The van der Waals surface area contributed by atoms with Crippen molar-refractivity contribution in [2.75, 3.05) is 0 Å². The van der Waals surface area contributed by atoms with Gasteiger partial charge >= 0.3 is 5.97 Å². The van der Waals surface area contributed by atoms with Gasteiger partial charge in [0, 0.05) is 11.8 Å². The van der Waals surface area contributed by atoms with Crippen LogP contribution in [-0.4, -0.2) is 16.1 Å². The van der Waals surface area contributed by atoms with Crippen molar-refractivity contribution in [2.45, 2.75) is 26.7 Å². The van der Waals surface area contributed by atoms with Gasteiger partial charge in [-0.15, -0.1) is 0 Å². The van der Waals surface area contributed by atoms with E-state index in [-0.39, 0.29) is 17.3 Å². The topological polar surface area (TPSA) is 59.4 Å². The summed E-state index contributed by atoms with van der Waals surface area (Å²) in [5.41, 5.74) is 1.41. The number of carboxylic acids is 1. The van der Waals surface area contributed by atoms with Gasteiger partial charge in [-0.25, -0.2) is 14.2 Å². The second-order valence-electron chi connectivity index (χ2n) is 4.75. The third-order valence-electron chi connectivity index (χ3n) is 2.96. The minimum absolute atomic E-state index is 0.128. The van der Waals surface area contributed by atoms with E-state index in [0.29, 0.717) is 23.4 Å². The van der Waals surface area contributed by atoms with Gasteiger partial charge < -0.3 is 9.84 Å². The molecule has 21 heavy (non-hydrogen) atoms. The summed E-state index contributed by atoms with van der Waals surface area (Å²) in [6.45, 7) is 3.70. The Labute approximate surface area is 122 Å². The van der Waals surface area contributed by atoms with Crippen molar-refractivity contribution < 1.29 is 19.0 Å². The lowest BCUT2D eigenvalue weighted by atomic mass is 10.1. The number of halogens is 1. The number of ether oxygens (including phenoxy) is 1. The lowest BCUT2D eigenvalue weighted by Gasteiger charge is -2.10. The number of hydrogen-bond acceptors (Lipinski definition) is 3. The van der Waals surface area contributed by atoms with Crippen molar-refractivity contribution in [1.82, 2.24) is 4.98 Å². The maximum absolute atomic E-state index is 13.1. The summed E-state index contributed by atoms with van der Waals surface area (Å²) in [6, 6.07) is 7.04. The second kappa shape index (κ2) is 6.35. The number of rotatable bonds is 5. The summed E-state index contributed by atoms with van der Waals surface area (Å²) in [7, 11) is 0. The largest absolute Gasteiger partial charge is 0.478 e. The SMILES string of the molecule is CCCc1cc(C(=O)O)cc(Oc2ccc(F)cc2C)n1. The maximum Gasteiger partial charge on any atom is 0.335 e. The predicted octanol–water partition coefficient (Wildman–Crippen LogP) is 3.97. The average molecular weight is 289 g/mol. The zero-order chi connectivity index (χ0) is 15.4. The molecule has 0 aliphatic rings. The molecular formula is C16H16FNO3. The fourth-order valence-electron chi connectivity index (χ4n) is 1.96. The Balaban J connectivity index is 2.36. The van der Waals surface area contributed by atoms with Gasteiger partial charge in [-0.05, 0) is 43.2 Å². The zero-order valence-electron chi connectivity index (χ0n) is 11.9. The fourth-order valence-corrected chi connectivity index (χ4v) is 1.96. The molecule has 2 aromatic rings. The second-order valence-corrected chi connectivity index (χ2v) is 4.75. The van der Waals surface area contributed by atoms with Crippen LogP contribution in [0.3, 0.4) is 0 Å². The highest BCUT2D eigenvalue weighted by atomic mass is 19.1. The molecule has 0 aliphatic heterocycles. The normalized spacial score (nSPS) is 10.4. The number of hydrogen-bond donors (Lipinski definition) is 1. The lowest BCUT2D eigenvalue weighted by molar-refractivity contribution is 0.0696. The molecule has 0 radical (unpaired) electrons. The molecule has 1 heterocycles. The number of carbonyl (C=O) groups is 1. The molecule has 0 saturated carbocycles. The molecular weight excluding hydrogens is 273 g/mol. The fraction of sp³-hybridized carbons (Fsp3) is 0.250. The summed E-state index contributed by atoms with van der Waals surface area (Å²) in [6.07, 6.45) is 1.52. The quantitative estimate of drug-likeness (QED) is 0.904. The zero-order valence-corrected chi connectivity index (χ0v) is 11.9. The van der Waals surface area contributed by atoms with Crippen molar-refractivity contribution in [3.8, 4) is 11.6 Å². The van der Waals surface area contributed by atoms with Gasteiger partial charge in [0.25, 0.3) is 0 Å². The number of aromatic nitrogens is 1. The molecule has 0 bridgehead atoms. The van der Waals surface area contributed by atoms with E-state index in [1.807, 2.05) is 6.92 Å². The molecule has 5 heteroatoms. The van der Waals surface area contributed by atoms with E-state index in [0.717, 1.165) is 6.42 Å². The number of pyridine rings is 1. The minimum Gasteiger partial charge on any atom is -0.478 e. The summed E-state index contributed by atoms with van der Waals surface area (Å²) in [4.78, 5) is 15.4.